The second kappa shape index (κ2) is 8.30. The number of carbonyl (C=O) groups excluding carboxylic acids is 3. The molecule has 1 aromatic carbocycles. The summed E-state index contributed by atoms with van der Waals surface area (Å²) in [5.41, 5.74) is 0.989. The number of methoxy groups -OCH3 is 1. The molecule has 12 heteroatoms. The van der Waals surface area contributed by atoms with Crippen molar-refractivity contribution in [3.8, 4) is 5.75 Å². The van der Waals surface area contributed by atoms with Crippen LogP contribution in [0.4, 0.5) is 15.3 Å². The fraction of sp³-hybridized carbons (Fsp3) is 0.474. The van der Waals surface area contributed by atoms with Crippen LogP contribution in [0.15, 0.2) is 24.3 Å². The summed E-state index contributed by atoms with van der Waals surface area (Å²) in [7, 11) is 1.60. The molecule has 3 aliphatic heterocycles. The zero-order valence-electron chi connectivity index (χ0n) is 16.9. The van der Waals surface area contributed by atoms with E-state index in [4.69, 9.17) is 9.57 Å². The number of urea groups is 1. The largest absolute Gasteiger partial charge is 0.497 e. The Morgan fingerprint density at radius 2 is 1.74 bits per heavy atom. The number of benzene rings is 1. The van der Waals surface area contributed by atoms with Crippen molar-refractivity contribution in [3.05, 3.63) is 24.3 Å². The van der Waals surface area contributed by atoms with E-state index in [0.717, 1.165) is 16.3 Å². The number of carboxylic acids is 1. The average molecular weight is 433 g/mol. The van der Waals surface area contributed by atoms with E-state index in [-0.39, 0.29) is 13.1 Å². The lowest BCUT2D eigenvalue weighted by Crippen LogP contribution is -2.60. The molecule has 4 amide bonds. The molecule has 166 valence electrons. The number of hydrogen-bond acceptors (Lipinski definition) is 8. The monoisotopic (exact) mass is 433 g/mol. The van der Waals surface area contributed by atoms with Crippen molar-refractivity contribution in [3.63, 3.8) is 0 Å². The Morgan fingerprint density at radius 3 is 2.35 bits per heavy atom. The summed E-state index contributed by atoms with van der Waals surface area (Å²) in [6, 6.07) is 4.42. The van der Waals surface area contributed by atoms with Crippen LogP contribution in [0, 0.1) is 0 Å². The fourth-order valence-corrected chi connectivity index (χ4v) is 3.94. The molecule has 1 aromatic rings. The minimum absolute atomic E-state index is 0.0138. The van der Waals surface area contributed by atoms with Crippen molar-refractivity contribution < 1.29 is 33.9 Å². The Hall–Kier alpha value is -3.54. The Balaban J connectivity index is 1.36. The highest BCUT2D eigenvalue weighted by molar-refractivity contribution is 6.05. The molecule has 2 N–H and O–H groups in total. The van der Waals surface area contributed by atoms with Gasteiger partial charge in [0.1, 0.15) is 17.8 Å². The van der Waals surface area contributed by atoms with Crippen molar-refractivity contribution in [2.75, 3.05) is 51.3 Å². The molecule has 3 saturated heterocycles. The van der Waals surface area contributed by atoms with E-state index in [9.17, 15) is 24.3 Å². The molecule has 12 nitrogen and oxygen atoms in total. The van der Waals surface area contributed by atoms with Gasteiger partial charge < -0.3 is 29.8 Å². The number of carboxylic acid groups (broad SMARTS) is 1. The first-order valence-corrected chi connectivity index (χ1v) is 9.86. The Labute approximate surface area is 177 Å². The molecular weight excluding hydrogens is 410 g/mol. The average Bonchev–Trinajstić information content (AvgIpc) is 3.04. The zero-order valence-corrected chi connectivity index (χ0v) is 16.9. The number of nitrogens with one attached hydrogen (secondary N) is 1. The van der Waals surface area contributed by atoms with Gasteiger partial charge in [-0.1, -0.05) is 5.06 Å². The SMILES string of the molecule is COc1ccc(N2CCN(C(=O)ON3C(=O)C4CNCC(C(=O)O)N4C3=O)CC2)cc1. The van der Waals surface area contributed by atoms with Gasteiger partial charge in [0, 0.05) is 45.0 Å². The summed E-state index contributed by atoms with van der Waals surface area (Å²) < 4.78 is 5.15. The fourth-order valence-electron chi connectivity index (χ4n) is 3.94. The predicted molar refractivity (Wildman–Crippen MR) is 105 cm³/mol. The van der Waals surface area contributed by atoms with Crippen LogP contribution in [0.25, 0.3) is 0 Å². The third kappa shape index (κ3) is 3.81. The van der Waals surface area contributed by atoms with Crippen LogP contribution in [0.5, 0.6) is 5.75 Å². The maximum Gasteiger partial charge on any atom is 0.434 e. The number of imide groups is 1. The van der Waals surface area contributed by atoms with Gasteiger partial charge in [0.05, 0.1) is 7.11 Å². The molecule has 31 heavy (non-hydrogen) atoms. The van der Waals surface area contributed by atoms with Gasteiger partial charge in [0.2, 0.25) is 0 Å². The van der Waals surface area contributed by atoms with Crippen LogP contribution in [-0.4, -0.2) is 102 Å². The highest BCUT2D eigenvalue weighted by Gasteiger charge is 2.54. The summed E-state index contributed by atoms with van der Waals surface area (Å²) >= 11 is 0. The van der Waals surface area contributed by atoms with Gasteiger partial charge in [-0.05, 0) is 24.3 Å². The number of hydroxylamine groups is 2. The van der Waals surface area contributed by atoms with E-state index in [1.54, 1.807) is 7.11 Å². The molecule has 2 atom stereocenters. The summed E-state index contributed by atoms with van der Waals surface area (Å²) in [6.07, 6.45) is -0.823. The van der Waals surface area contributed by atoms with Crippen molar-refractivity contribution in [2.45, 2.75) is 12.1 Å². The molecule has 2 unspecified atom stereocenters. The third-order valence-corrected chi connectivity index (χ3v) is 5.66. The minimum Gasteiger partial charge on any atom is -0.497 e. The van der Waals surface area contributed by atoms with Crippen LogP contribution in [0.2, 0.25) is 0 Å². The number of rotatable bonds is 4. The second-order valence-corrected chi connectivity index (χ2v) is 7.38. The van der Waals surface area contributed by atoms with Crippen LogP contribution in [0.1, 0.15) is 0 Å². The molecule has 3 fully saturated rings. The van der Waals surface area contributed by atoms with Gasteiger partial charge in [0.15, 0.2) is 0 Å². The van der Waals surface area contributed by atoms with Crippen molar-refractivity contribution in [1.29, 1.82) is 0 Å². The van der Waals surface area contributed by atoms with E-state index in [0.29, 0.717) is 31.2 Å². The summed E-state index contributed by atoms with van der Waals surface area (Å²) in [6.45, 7) is 1.89. The van der Waals surface area contributed by atoms with Gasteiger partial charge in [-0.15, -0.1) is 0 Å². The first-order chi connectivity index (χ1) is 14.9. The summed E-state index contributed by atoms with van der Waals surface area (Å²) in [4.78, 5) is 58.7. The molecular formula is C19H23N5O7. The van der Waals surface area contributed by atoms with E-state index >= 15 is 0 Å². The van der Waals surface area contributed by atoms with Crippen molar-refractivity contribution in [1.82, 2.24) is 20.2 Å². The van der Waals surface area contributed by atoms with Gasteiger partial charge in [-0.25, -0.2) is 14.4 Å². The normalized spacial score (nSPS) is 23.6. The van der Waals surface area contributed by atoms with Crippen LogP contribution >= 0.6 is 0 Å². The lowest BCUT2D eigenvalue weighted by molar-refractivity contribution is -0.152. The number of ether oxygens (including phenoxy) is 1. The molecule has 3 aliphatic rings. The first-order valence-electron chi connectivity index (χ1n) is 9.86. The number of fused-ring (bicyclic) bond motifs is 1. The molecule has 4 rings (SSSR count). The van der Waals surface area contributed by atoms with Crippen molar-refractivity contribution in [2.24, 2.45) is 0 Å². The Kier molecular flexibility index (Phi) is 5.55. The minimum atomic E-state index is -1.24. The second-order valence-electron chi connectivity index (χ2n) is 7.38. The number of carbonyl (C=O) groups is 4. The van der Waals surface area contributed by atoms with E-state index in [2.05, 4.69) is 10.2 Å². The van der Waals surface area contributed by atoms with Gasteiger partial charge in [-0.2, -0.15) is 0 Å². The highest BCUT2D eigenvalue weighted by atomic mass is 16.7. The zero-order chi connectivity index (χ0) is 22.1. The quantitative estimate of drug-likeness (QED) is 0.607. The van der Waals surface area contributed by atoms with Gasteiger partial charge >= 0.3 is 18.1 Å². The number of aliphatic carboxylic acids is 1. The predicted octanol–water partition coefficient (Wildman–Crippen LogP) is -0.442. The van der Waals surface area contributed by atoms with Crippen LogP contribution in [0.3, 0.4) is 0 Å². The topological polar surface area (TPSA) is 132 Å². The van der Waals surface area contributed by atoms with E-state index in [1.165, 1.54) is 4.90 Å². The number of amides is 4. The van der Waals surface area contributed by atoms with Gasteiger partial charge in [0.25, 0.3) is 5.91 Å². The summed E-state index contributed by atoms with van der Waals surface area (Å²) in [5, 5.41) is 12.5. The summed E-state index contributed by atoms with van der Waals surface area (Å²) in [5.74, 6) is -1.24. The molecule has 0 bridgehead atoms. The van der Waals surface area contributed by atoms with Crippen LogP contribution < -0.4 is 15.0 Å². The third-order valence-electron chi connectivity index (χ3n) is 5.66. The smallest absolute Gasteiger partial charge is 0.434 e. The first kappa shape index (κ1) is 20.7. The number of nitrogens with zero attached hydrogens (tertiary/aromatic N) is 4. The molecule has 0 spiro atoms. The van der Waals surface area contributed by atoms with E-state index in [1.807, 2.05) is 24.3 Å². The Bertz CT molecular complexity index is 884. The standard InChI is InChI=1S/C19H23N5O7/c1-30-13-4-2-12(3-5-13)21-6-8-22(9-7-21)19(29)31-24-16(25)14-10-20-11-15(17(26)27)23(14)18(24)28/h2-5,14-15,20H,6-11H2,1H3,(H,26,27). The lowest BCUT2D eigenvalue weighted by Gasteiger charge is -2.35. The van der Waals surface area contributed by atoms with Gasteiger partial charge in [-0.3, -0.25) is 9.69 Å². The molecule has 0 aromatic heterocycles. The number of anilines is 1. The molecule has 0 aliphatic carbocycles. The lowest BCUT2D eigenvalue weighted by atomic mass is 10.1. The molecule has 0 radical (unpaired) electrons. The van der Waals surface area contributed by atoms with Crippen LogP contribution in [-0.2, 0) is 14.4 Å². The molecule has 3 heterocycles. The molecule has 0 saturated carbocycles. The van der Waals surface area contributed by atoms with E-state index < -0.39 is 36.1 Å². The number of piperazine rings is 2. The Morgan fingerprint density at radius 1 is 1.06 bits per heavy atom. The van der Waals surface area contributed by atoms with Crippen molar-refractivity contribution >= 4 is 29.7 Å². The number of hydrogen-bond donors (Lipinski definition) is 2. The highest BCUT2D eigenvalue weighted by Crippen LogP contribution is 2.25. The maximum atomic E-state index is 12.6. The maximum absolute atomic E-state index is 12.6.